The van der Waals surface area contributed by atoms with Crippen LogP contribution in [0.25, 0.3) is 0 Å². The van der Waals surface area contributed by atoms with Gasteiger partial charge in [-0.1, -0.05) is 12.1 Å². The molecular weight excluding hydrogens is 262 g/mol. The quantitative estimate of drug-likeness (QED) is 0.858. The highest BCUT2D eigenvalue weighted by Crippen LogP contribution is 2.18. The van der Waals surface area contributed by atoms with Crippen LogP contribution in [-0.2, 0) is 13.5 Å². The van der Waals surface area contributed by atoms with Crippen molar-refractivity contribution >= 4 is 0 Å². The van der Waals surface area contributed by atoms with E-state index in [0.717, 1.165) is 12.8 Å². The van der Waals surface area contributed by atoms with E-state index in [-0.39, 0.29) is 0 Å². The number of nitrogens with zero attached hydrogens (tertiary/aromatic N) is 2. The highest BCUT2D eigenvalue weighted by molar-refractivity contribution is 5.26. The van der Waals surface area contributed by atoms with Gasteiger partial charge in [-0.25, -0.2) is 0 Å². The Kier molecular flexibility index (Phi) is 5.02. The lowest BCUT2D eigenvalue weighted by Gasteiger charge is -2.20. The van der Waals surface area contributed by atoms with Gasteiger partial charge in [-0.05, 0) is 51.3 Å². The third kappa shape index (κ3) is 4.08. The van der Waals surface area contributed by atoms with E-state index in [4.69, 9.17) is 0 Å². The second kappa shape index (κ2) is 6.76. The molecule has 1 aromatic carbocycles. The van der Waals surface area contributed by atoms with E-state index in [1.54, 1.807) is 12.1 Å². The standard InChI is InChI=1S/C17H25N3O/c1-12(5-6-15-7-9-16(21)10-8-15)19-13(2)17-11-18-20(4)14(17)3/h7-13,19,21H,5-6H2,1-4H3. The zero-order valence-corrected chi connectivity index (χ0v) is 13.3. The van der Waals surface area contributed by atoms with Crippen molar-refractivity contribution in [3.63, 3.8) is 0 Å². The molecule has 0 saturated heterocycles. The van der Waals surface area contributed by atoms with Crippen molar-refractivity contribution in [3.05, 3.63) is 47.3 Å². The second-order valence-corrected chi connectivity index (χ2v) is 5.80. The van der Waals surface area contributed by atoms with Gasteiger partial charge in [-0.3, -0.25) is 4.68 Å². The summed E-state index contributed by atoms with van der Waals surface area (Å²) in [6.07, 6.45) is 4.02. The highest BCUT2D eigenvalue weighted by atomic mass is 16.3. The molecule has 2 rings (SSSR count). The number of phenolic OH excluding ortho intramolecular Hbond substituents is 1. The normalized spacial score (nSPS) is 14.1. The zero-order valence-electron chi connectivity index (χ0n) is 13.3. The highest BCUT2D eigenvalue weighted by Gasteiger charge is 2.14. The van der Waals surface area contributed by atoms with Gasteiger partial charge in [0, 0.05) is 30.4 Å². The van der Waals surface area contributed by atoms with Crippen LogP contribution in [0, 0.1) is 6.92 Å². The first-order chi connectivity index (χ1) is 9.97. The first-order valence-corrected chi connectivity index (χ1v) is 7.50. The SMILES string of the molecule is Cc1c(C(C)NC(C)CCc2ccc(O)cc2)cnn1C. The number of aromatic hydroxyl groups is 1. The van der Waals surface area contributed by atoms with Gasteiger partial charge < -0.3 is 10.4 Å². The van der Waals surface area contributed by atoms with E-state index in [1.165, 1.54) is 16.8 Å². The molecule has 2 aromatic rings. The van der Waals surface area contributed by atoms with Crippen molar-refractivity contribution in [2.75, 3.05) is 0 Å². The minimum Gasteiger partial charge on any atom is -0.508 e. The molecule has 2 unspecified atom stereocenters. The van der Waals surface area contributed by atoms with Crippen LogP contribution in [0.4, 0.5) is 0 Å². The van der Waals surface area contributed by atoms with Gasteiger partial charge in [-0.15, -0.1) is 0 Å². The van der Waals surface area contributed by atoms with E-state index in [9.17, 15) is 5.11 Å². The number of benzene rings is 1. The van der Waals surface area contributed by atoms with E-state index in [1.807, 2.05) is 30.1 Å². The number of hydrogen-bond acceptors (Lipinski definition) is 3. The topological polar surface area (TPSA) is 50.1 Å². The molecule has 0 spiro atoms. The summed E-state index contributed by atoms with van der Waals surface area (Å²) in [7, 11) is 1.97. The van der Waals surface area contributed by atoms with Crippen LogP contribution in [0.3, 0.4) is 0 Å². The number of aromatic nitrogens is 2. The van der Waals surface area contributed by atoms with Crippen molar-refractivity contribution in [1.82, 2.24) is 15.1 Å². The van der Waals surface area contributed by atoms with Crippen molar-refractivity contribution in [2.24, 2.45) is 7.05 Å². The molecule has 0 aliphatic rings. The van der Waals surface area contributed by atoms with E-state index < -0.39 is 0 Å². The first kappa shape index (κ1) is 15.6. The zero-order chi connectivity index (χ0) is 15.4. The number of phenols is 1. The molecule has 1 aromatic heterocycles. The summed E-state index contributed by atoms with van der Waals surface area (Å²) in [6, 6.07) is 8.18. The molecule has 2 atom stereocenters. The maximum atomic E-state index is 9.29. The van der Waals surface area contributed by atoms with Crippen LogP contribution in [-0.4, -0.2) is 20.9 Å². The summed E-state index contributed by atoms with van der Waals surface area (Å²) >= 11 is 0. The molecule has 0 bridgehead atoms. The predicted octanol–water partition coefficient (Wildman–Crippen LogP) is 3.11. The molecule has 0 fully saturated rings. The van der Waals surface area contributed by atoms with Crippen LogP contribution in [0.1, 0.15) is 43.1 Å². The molecule has 4 nitrogen and oxygen atoms in total. The molecule has 21 heavy (non-hydrogen) atoms. The minimum absolute atomic E-state index is 0.300. The third-order valence-electron chi connectivity index (χ3n) is 4.08. The minimum atomic E-state index is 0.300. The first-order valence-electron chi connectivity index (χ1n) is 7.50. The van der Waals surface area contributed by atoms with Crippen LogP contribution in [0.5, 0.6) is 5.75 Å². The summed E-state index contributed by atoms with van der Waals surface area (Å²) in [6.45, 7) is 6.49. The van der Waals surface area contributed by atoms with Crippen LogP contribution in [0.15, 0.2) is 30.5 Å². The molecule has 0 aliphatic heterocycles. The molecule has 0 radical (unpaired) electrons. The van der Waals surface area contributed by atoms with Gasteiger partial charge in [0.25, 0.3) is 0 Å². The fourth-order valence-electron chi connectivity index (χ4n) is 2.59. The molecule has 1 heterocycles. The molecule has 0 amide bonds. The summed E-state index contributed by atoms with van der Waals surface area (Å²) in [5.74, 6) is 0.325. The molecule has 114 valence electrons. The molecule has 0 saturated carbocycles. The molecule has 2 N–H and O–H groups in total. The number of nitrogens with one attached hydrogen (secondary N) is 1. The Hall–Kier alpha value is -1.81. The maximum absolute atomic E-state index is 9.29. The largest absolute Gasteiger partial charge is 0.508 e. The molecule has 4 heteroatoms. The van der Waals surface area contributed by atoms with E-state index in [2.05, 4.69) is 31.2 Å². The van der Waals surface area contributed by atoms with Crippen molar-refractivity contribution < 1.29 is 5.11 Å². The van der Waals surface area contributed by atoms with Gasteiger partial charge in [0.1, 0.15) is 5.75 Å². The average Bonchev–Trinajstić information content (AvgIpc) is 2.78. The van der Waals surface area contributed by atoms with Crippen molar-refractivity contribution in [3.8, 4) is 5.75 Å². The van der Waals surface area contributed by atoms with Gasteiger partial charge in [0.15, 0.2) is 0 Å². The van der Waals surface area contributed by atoms with E-state index >= 15 is 0 Å². The Bertz CT molecular complexity index is 574. The Morgan fingerprint density at radius 3 is 2.48 bits per heavy atom. The number of aryl methyl sites for hydroxylation is 2. The Morgan fingerprint density at radius 1 is 1.24 bits per heavy atom. The fourth-order valence-corrected chi connectivity index (χ4v) is 2.59. The van der Waals surface area contributed by atoms with Gasteiger partial charge in [0.2, 0.25) is 0 Å². The van der Waals surface area contributed by atoms with Gasteiger partial charge in [0.05, 0.1) is 6.20 Å². The average molecular weight is 287 g/mol. The van der Waals surface area contributed by atoms with Crippen LogP contribution >= 0.6 is 0 Å². The monoisotopic (exact) mass is 287 g/mol. The smallest absolute Gasteiger partial charge is 0.115 e. The predicted molar refractivity (Wildman–Crippen MR) is 85.4 cm³/mol. The lowest BCUT2D eigenvalue weighted by Crippen LogP contribution is -2.29. The summed E-state index contributed by atoms with van der Waals surface area (Å²) in [5, 5.41) is 17.2. The lowest BCUT2D eigenvalue weighted by molar-refractivity contribution is 0.454. The van der Waals surface area contributed by atoms with Crippen molar-refractivity contribution in [1.29, 1.82) is 0 Å². The number of rotatable bonds is 6. The van der Waals surface area contributed by atoms with Crippen LogP contribution < -0.4 is 5.32 Å². The van der Waals surface area contributed by atoms with Gasteiger partial charge in [-0.2, -0.15) is 5.10 Å². The number of hydrogen-bond donors (Lipinski definition) is 2. The van der Waals surface area contributed by atoms with E-state index in [0.29, 0.717) is 17.8 Å². The Labute approximate surface area is 126 Å². The summed E-state index contributed by atoms with van der Waals surface area (Å²) in [4.78, 5) is 0. The molecular formula is C17H25N3O. The molecule has 0 aliphatic carbocycles. The summed E-state index contributed by atoms with van der Waals surface area (Å²) in [5.41, 5.74) is 3.72. The van der Waals surface area contributed by atoms with Crippen molar-refractivity contribution in [2.45, 2.75) is 45.7 Å². The Balaban J connectivity index is 1.85. The maximum Gasteiger partial charge on any atom is 0.115 e. The third-order valence-corrected chi connectivity index (χ3v) is 4.08. The second-order valence-electron chi connectivity index (χ2n) is 5.80. The Morgan fingerprint density at radius 2 is 1.90 bits per heavy atom. The van der Waals surface area contributed by atoms with Crippen LogP contribution in [0.2, 0.25) is 0 Å². The summed E-state index contributed by atoms with van der Waals surface area (Å²) < 4.78 is 1.91. The van der Waals surface area contributed by atoms with Gasteiger partial charge >= 0.3 is 0 Å². The fraction of sp³-hybridized carbons (Fsp3) is 0.471. The lowest BCUT2D eigenvalue weighted by atomic mass is 10.0.